The zero-order chi connectivity index (χ0) is 27.8. The maximum Gasteiger partial charge on any atom is 0.415 e. The van der Waals surface area contributed by atoms with E-state index in [1.165, 1.54) is 6.07 Å². The lowest BCUT2D eigenvalue weighted by Gasteiger charge is -2.23. The number of carbonyl (C=O) groups excluding carboxylic acids is 2. The number of halogens is 2. The molecule has 204 valence electrons. The van der Waals surface area contributed by atoms with Crippen LogP contribution < -0.4 is 10.4 Å². The molecule has 0 fully saturated rings. The number of hydrogen-bond acceptors (Lipinski definition) is 8. The van der Waals surface area contributed by atoms with Crippen molar-refractivity contribution in [2.24, 2.45) is 0 Å². The summed E-state index contributed by atoms with van der Waals surface area (Å²) >= 11 is 1.12. The van der Waals surface area contributed by atoms with Crippen molar-refractivity contribution in [3.05, 3.63) is 70.8 Å². The van der Waals surface area contributed by atoms with Crippen molar-refractivity contribution in [2.45, 2.75) is 33.4 Å². The lowest BCUT2D eigenvalue weighted by molar-refractivity contribution is 0.0526. The smallest absolute Gasteiger partial charge is 0.415 e. The Morgan fingerprint density at radius 1 is 0.974 bits per heavy atom. The summed E-state index contributed by atoms with van der Waals surface area (Å²) in [7, 11) is 3.66. The predicted molar refractivity (Wildman–Crippen MR) is 143 cm³/mol. The molecular weight excluding hydrogens is 516 g/mol. The highest BCUT2D eigenvalue weighted by atomic mass is 32.1. The van der Waals surface area contributed by atoms with Crippen LogP contribution in [0.3, 0.4) is 0 Å². The van der Waals surface area contributed by atoms with Crippen LogP contribution in [0, 0.1) is 11.6 Å². The zero-order valence-corrected chi connectivity index (χ0v) is 22.5. The second-order valence-corrected chi connectivity index (χ2v) is 9.64. The van der Waals surface area contributed by atoms with Crippen molar-refractivity contribution in [3.8, 4) is 10.4 Å². The van der Waals surface area contributed by atoms with Gasteiger partial charge in [0.2, 0.25) is 0 Å². The minimum absolute atomic E-state index is 0.0856. The molecule has 0 bridgehead atoms. The fourth-order valence-electron chi connectivity index (χ4n) is 3.78. The third-order valence-corrected chi connectivity index (χ3v) is 6.80. The molecule has 0 radical (unpaired) electrons. The molecule has 0 unspecified atom stereocenters. The van der Waals surface area contributed by atoms with E-state index in [0.29, 0.717) is 34.7 Å². The van der Waals surface area contributed by atoms with Gasteiger partial charge in [-0.05, 0) is 57.3 Å². The van der Waals surface area contributed by atoms with E-state index in [2.05, 4.69) is 5.48 Å². The van der Waals surface area contributed by atoms with Crippen LogP contribution in [0.4, 0.5) is 24.3 Å². The van der Waals surface area contributed by atoms with E-state index in [1.54, 1.807) is 31.2 Å². The molecule has 0 atom stereocenters. The average Bonchev–Trinajstić information content (AvgIpc) is 3.25. The molecule has 3 rings (SSSR count). The largest absolute Gasteiger partial charge is 0.462 e. The number of nitrogens with one attached hydrogen (secondary N) is 1. The molecule has 1 heterocycles. The Kier molecular flexibility index (Phi) is 10.2. The van der Waals surface area contributed by atoms with Crippen LogP contribution in [0.2, 0.25) is 0 Å². The Morgan fingerprint density at radius 2 is 1.63 bits per heavy atom. The second-order valence-electron chi connectivity index (χ2n) is 8.64. The Hall–Kier alpha value is -3.54. The number of anilines is 2. The van der Waals surface area contributed by atoms with Crippen molar-refractivity contribution in [1.29, 1.82) is 0 Å². The normalized spacial score (nSPS) is 10.9. The van der Waals surface area contributed by atoms with Crippen LogP contribution in [0.25, 0.3) is 10.4 Å². The van der Waals surface area contributed by atoms with Crippen molar-refractivity contribution in [3.63, 3.8) is 0 Å². The topological polar surface area (TPSA) is 91.3 Å². The van der Waals surface area contributed by atoms with Gasteiger partial charge in [0.1, 0.15) is 16.6 Å². The molecule has 38 heavy (non-hydrogen) atoms. The van der Waals surface area contributed by atoms with Gasteiger partial charge in [0, 0.05) is 22.5 Å². The maximum atomic E-state index is 14.7. The molecule has 2 N–H and O–H groups in total. The summed E-state index contributed by atoms with van der Waals surface area (Å²) < 4.78 is 40.1. The van der Waals surface area contributed by atoms with Crippen LogP contribution in [0.15, 0.2) is 42.5 Å². The van der Waals surface area contributed by atoms with Crippen molar-refractivity contribution >= 4 is 34.1 Å². The average molecular weight is 548 g/mol. The Morgan fingerprint density at radius 3 is 2.18 bits per heavy atom. The van der Waals surface area contributed by atoms with Gasteiger partial charge in [0.25, 0.3) is 0 Å². The van der Waals surface area contributed by atoms with Gasteiger partial charge in [-0.25, -0.2) is 18.4 Å². The fraction of sp³-hybridized carbons (Fsp3) is 0.333. The summed E-state index contributed by atoms with van der Waals surface area (Å²) in [6.07, 6.45) is -0.311. The molecule has 2 aromatic carbocycles. The lowest BCUT2D eigenvalue weighted by atomic mass is 10.0. The molecule has 0 aliphatic carbocycles. The summed E-state index contributed by atoms with van der Waals surface area (Å²) in [5.74, 6) is -2.32. The van der Waals surface area contributed by atoms with Gasteiger partial charge in [-0.1, -0.05) is 25.1 Å². The molecule has 1 amide bonds. The van der Waals surface area contributed by atoms with E-state index in [-0.39, 0.29) is 29.3 Å². The summed E-state index contributed by atoms with van der Waals surface area (Å²) in [6, 6.07) is 10.3. The highest BCUT2D eigenvalue weighted by Crippen LogP contribution is 2.44. The number of benzene rings is 2. The number of ether oxygens (including phenoxy) is 2. The number of esters is 1. The highest BCUT2D eigenvalue weighted by molar-refractivity contribution is 7.20. The number of nitrogens with zero attached hydrogens (tertiary/aromatic N) is 2. The number of hydrogen-bond donors (Lipinski definition) is 2. The van der Waals surface area contributed by atoms with Gasteiger partial charge >= 0.3 is 12.1 Å². The fourth-order valence-corrected chi connectivity index (χ4v) is 5.08. The third-order valence-electron chi connectivity index (χ3n) is 5.49. The first-order valence-electron chi connectivity index (χ1n) is 12.1. The molecule has 0 saturated heterocycles. The van der Waals surface area contributed by atoms with E-state index in [0.717, 1.165) is 28.4 Å². The number of carbonyl (C=O) groups is 2. The third kappa shape index (κ3) is 6.66. The van der Waals surface area contributed by atoms with Crippen LogP contribution >= 0.6 is 11.3 Å². The molecule has 0 spiro atoms. The predicted octanol–water partition coefficient (Wildman–Crippen LogP) is 6.29. The van der Waals surface area contributed by atoms with Gasteiger partial charge < -0.3 is 14.4 Å². The number of rotatable bonds is 11. The summed E-state index contributed by atoms with van der Waals surface area (Å²) in [5, 5.41) is 9.36. The van der Waals surface area contributed by atoms with Gasteiger partial charge in [-0.15, -0.1) is 11.3 Å². The number of thiophene rings is 1. The van der Waals surface area contributed by atoms with Crippen LogP contribution in [0.1, 0.15) is 41.8 Å². The molecule has 8 nitrogen and oxygen atoms in total. The zero-order valence-electron chi connectivity index (χ0n) is 21.7. The van der Waals surface area contributed by atoms with Gasteiger partial charge in [-0.2, -0.15) is 0 Å². The first-order valence-corrected chi connectivity index (χ1v) is 12.9. The van der Waals surface area contributed by atoms with Crippen molar-refractivity contribution < 1.29 is 33.1 Å². The Balaban J connectivity index is 2.28. The number of amides is 1. The van der Waals surface area contributed by atoms with Crippen LogP contribution in [-0.2, 0) is 22.6 Å². The molecule has 0 saturated carbocycles. The summed E-state index contributed by atoms with van der Waals surface area (Å²) in [5.41, 5.74) is 3.62. The van der Waals surface area contributed by atoms with Crippen LogP contribution in [-0.4, -0.2) is 49.5 Å². The Bertz CT molecular complexity index is 1240. The molecule has 0 aliphatic rings. The lowest BCUT2D eigenvalue weighted by Crippen LogP contribution is -2.33. The minimum atomic E-state index is -0.843. The van der Waals surface area contributed by atoms with Crippen molar-refractivity contribution in [2.75, 3.05) is 37.7 Å². The first kappa shape index (κ1) is 29.0. The van der Waals surface area contributed by atoms with E-state index in [1.807, 2.05) is 25.9 Å². The molecule has 3 aromatic rings. The summed E-state index contributed by atoms with van der Waals surface area (Å²) in [4.78, 5) is 30.2. The van der Waals surface area contributed by atoms with E-state index < -0.39 is 30.2 Å². The Labute approximate surface area is 224 Å². The second kappa shape index (κ2) is 13.3. The standard InChI is InChI=1S/C27H31F2N3O5S/c1-5-14-37-27(34)32(16-19-21(28)8-7-9-22(19)29)25-23(26(33)36-6-2)20(15-31(3)4)24(38-25)17-10-12-18(30-35)13-11-17/h7-13,30,35H,5-6,14-16H2,1-4H3. The monoisotopic (exact) mass is 547 g/mol. The first-order chi connectivity index (χ1) is 18.2. The van der Waals surface area contributed by atoms with Gasteiger partial charge in [0.15, 0.2) is 0 Å². The molecule has 1 aromatic heterocycles. The molecular formula is C27H31F2N3O5S. The quantitative estimate of drug-likeness (QED) is 0.215. The maximum absolute atomic E-state index is 14.7. The van der Waals surface area contributed by atoms with Gasteiger partial charge in [-0.3, -0.25) is 15.6 Å². The van der Waals surface area contributed by atoms with Crippen LogP contribution in [0.5, 0.6) is 0 Å². The molecule has 11 heteroatoms. The SMILES string of the molecule is CCCOC(=O)N(Cc1c(F)cccc1F)c1sc(-c2ccc(NO)cc2)c(CN(C)C)c1C(=O)OCC. The van der Waals surface area contributed by atoms with E-state index in [4.69, 9.17) is 9.47 Å². The minimum Gasteiger partial charge on any atom is -0.462 e. The highest BCUT2D eigenvalue weighted by Gasteiger charge is 2.33. The van der Waals surface area contributed by atoms with Crippen molar-refractivity contribution in [1.82, 2.24) is 4.90 Å². The molecule has 0 aliphatic heterocycles. The van der Waals surface area contributed by atoms with E-state index >= 15 is 0 Å². The summed E-state index contributed by atoms with van der Waals surface area (Å²) in [6.45, 7) is 3.47. The van der Waals surface area contributed by atoms with Gasteiger partial charge in [0.05, 0.1) is 31.0 Å². The van der Waals surface area contributed by atoms with E-state index in [9.17, 15) is 23.6 Å².